The summed E-state index contributed by atoms with van der Waals surface area (Å²) in [5, 5.41) is 6.22. The third-order valence-electron chi connectivity index (χ3n) is 1.79. The zero-order valence-electron chi connectivity index (χ0n) is 8.86. The van der Waals surface area contributed by atoms with Crippen LogP contribution in [-0.4, -0.2) is 19.2 Å². The number of benzene rings is 1. The maximum atomic E-state index is 11.3. The number of nitrogens with zero attached hydrogens (tertiary/aromatic N) is 1. The third kappa shape index (κ3) is 4.26. The van der Waals surface area contributed by atoms with Crippen LogP contribution in [0.1, 0.15) is 12.0 Å². The van der Waals surface area contributed by atoms with Crippen LogP contribution in [0.5, 0.6) is 0 Å². The van der Waals surface area contributed by atoms with Crippen molar-refractivity contribution in [3.8, 4) is 0 Å². The van der Waals surface area contributed by atoms with Crippen molar-refractivity contribution in [2.45, 2.75) is 13.3 Å². The Balaban J connectivity index is 2.44. The van der Waals surface area contributed by atoms with Gasteiger partial charge in [0, 0.05) is 5.69 Å². The lowest BCUT2D eigenvalue weighted by molar-refractivity contribution is -0.115. The van der Waals surface area contributed by atoms with Crippen LogP contribution in [0.15, 0.2) is 29.4 Å². The number of oxime groups is 1. The van der Waals surface area contributed by atoms with Gasteiger partial charge in [0.2, 0.25) is 5.91 Å². The Hall–Kier alpha value is -1.84. The molecule has 4 nitrogen and oxygen atoms in total. The molecule has 15 heavy (non-hydrogen) atoms. The van der Waals surface area contributed by atoms with Gasteiger partial charge in [0.15, 0.2) is 0 Å². The van der Waals surface area contributed by atoms with Gasteiger partial charge < -0.3 is 10.2 Å². The molecular weight excluding hydrogens is 192 g/mol. The molecule has 0 aliphatic heterocycles. The lowest BCUT2D eigenvalue weighted by atomic mass is 10.2. The summed E-state index contributed by atoms with van der Waals surface area (Å²) < 4.78 is 0. The Morgan fingerprint density at radius 3 is 2.73 bits per heavy atom. The number of carbonyl (C=O) groups is 1. The fourth-order valence-electron chi connectivity index (χ4n) is 1.04. The van der Waals surface area contributed by atoms with E-state index < -0.39 is 0 Å². The Labute approximate surface area is 88.9 Å². The van der Waals surface area contributed by atoms with E-state index in [0.29, 0.717) is 0 Å². The summed E-state index contributed by atoms with van der Waals surface area (Å²) in [4.78, 5) is 15.8. The summed E-state index contributed by atoms with van der Waals surface area (Å²) in [5.74, 6) is -0.111. The van der Waals surface area contributed by atoms with E-state index >= 15 is 0 Å². The number of hydrogen-bond donors (Lipinski definition) is 1. The molecule has 0 spiro atoms. The molecule has 0 aliphatic rings. The van der Waals surface area contributed by atoms with Gasteiger partial charge in [-0.2, -0.15) is 0 Å². The van der Waals surface area contributed by atoms with E-state index in [0.717, 1.165) is 11.3 Å². The van der Waals surface area contributed by atoms with Gasteiger partial charge in [-0.25, -0.2) is 0 Å². The van der Waals surface area contributed by atoms with Crippen molar-refractivity contribution in [2.24, 2.45) is 5.16 Å². The van der Waals surface area contributed by atoms with Crippen molar-refractivity contribution in [1.29, 1.82) is 0 Å². The number of anilines is 1. The van der Waals surface area contributed by atoms with E-state index in [-0.39, 0.29) is 12.3 Å². The van der Waals surface area contributed by atoms with Crippen LogP contribution < -0.4 is 5.32 Å². The molecule has 1 aromatic rings. The third-order valence-corrected chi connectivity index (χ3v) is 1.79. The van der Waals surface area contributed by atoms with E-state index in [2.05, 4.69) is 15.3 Å². The normalized spacial score (nSPS) is 10.3. The minimum atomic E-state index is -0.111. The highest BCUT2D eigenvalue weighted by molar-refractivity contribution is 5.98. The van der Waals surface area contributed by atoms with Gasteiger partial charge in [-0.1, -0.05) is 22.9 Å². The lowest BCUT2D eigenvalue weighted by Gasteiger charge is -2.02. The number of amides is 1. The highest BCUT2D eigenvalue weighted by Gasteiger charge is 1.99. The largest absolute Gasteiger partial charge is 0.399 e. The number of hydrogen-bond acceptors (Lipinski definition) is 3. The molecule has 0 aromatic heterocycles. The minimum absolute atomic E-state index is 0.111. The maximum absolute atomic E-state index is 11.3. The molecule has 0 unspecified atom stereocenters. The second kappa shape index (κ2) is 5.80. The van der Waals surface area contributed by atoms with Gasteiger partial charge >= 0.3 is 0 Å². The van der Waals surface area contributed by atoms with Crippen LogP contribution >= 0.6 is 0 Å². The van der Waals surface area contributed by atoms with E-state index in [1.165, 1.54) is 13.3 Å². The molecule has 0 heterocycles. The molecule has 80 valence electrons. The Morgan fingerprint density at radius 1 is 1.47 bits per heavy atom. The summed E-state index contributed by atoms with van der Waals surface area (Å²) >= 11 is 0. The average Bonchev–Trinajstić information content (AvgIpc) is 2.22. The van der Waals surface area contributed by atoms with E-state index in [4.69, 9.17) is 0 Å². The molecule has 1 N–H and O–H groups in total. The molecule has 0 atom stereocenters. The van der Waals surface area contributed by atoms with Crippen LogP contribution in [0, 0.1) is 6.92 Å². The van der Waals surface area contributed by atoms with Gasteiger partial charge in [-0.05, 0) is 19.1 Å². The number of nitrogens with one attached hydrogen (secondary N) is 1. The summed E-state index contributed by atoms with van der Waals surface area (Å²) in [5.41, 5.74) is 1.95. The molecule has 0 aliphatic carbocycles. The standard InChI is InChI=1S/C11H14N2O2/c1-9-3-5-10(6-4-9)13-11(14)7-8-12-15-2/h3-6,8H,7H2,1-2H3,(H,13,14)/b12-8-. The Bertz CT molecular complexity index is 344. The van der Waals surface area contributed by atoms with Crippen molar-refractivity contribution in [1.82, 2.24) is 0 Å². The Kier molecular flexibility index (Phi) is 4.34. The second-order valence-corrected chi connectivity index (χ2v) is 3.09. The zero-order valence-corrected chi connectivity index (χ0v) is 8.86. The van der Waals surface area contributed by atoms with Crippen molar-refractivity contribution < 1.29 is 9.63 Å². The summed E-state index contributed by atoms with van der Waals surface area (Å²) in [6.45, 7) is 2.00. The molecule has 4 heteroatoms. The summed E-state index contributed by atoms with van der Waals surface area (Å²) in [7, 11) is 1.44. The molecule has 1 rings (SSSR count). The van der Waals surface area contributed by atoms with Crippen LogP contribution in [0.25, 0.3) is 0 Å². The fourth-order valence-corrected chi connectivity index (χ4v) is 1.04. The molecule has 0 saturated heterocycles. The minimum Gasteiger partial charge on any atom is -0.399 e. The van der Waals surface area contributed by atoms with Crippen LogP contribution in [-0.2, 0) is 9.63 Å². The smallest absolute Gasteiger partial charge is 0.229 e. The summed E-state index contributed by atoms with van der Waals surface area (Å²) in [6, 6.07) is 7.61. The second-order valence-electron chi connectivity index (χ2n) is 3.09. The average molecular weight is 206 g/mol. The highest BCUT2D eigenvalue weighted by atomic mass is 16.6. The van der Waals surface area contributed by atoms with Crippen molar-refractivity contribution >= 4 is 17.8 Å². The van der Waals surface area contributed by atoms with Crippen LogP contribution in [0.4, 0.5) is 5.69 Å². The first kappa shape index (κ1) is 11.2. The van der Waals surface area contributed by atoms with Crippen molar-refractivity contribution in [3.05, 3.63) is 29.8 Å². The van der Waals surface area contributed by atoms with Crippen LogP contribution in [0.3, 0.4) is 0 Å². The lowest BCUT2D eigenvalue weighted by Crippen LogP contribution is -2.11. The molecule has 0 saturated carbocycles. The monoisotopic (exact) mass is 206 g/mol. The van der Waals surface area contributed by atoms with Gasteiger partial charge in [-0.3, -0.25) is 4.79 Å². The maximum Gasteiger partial charge on any atom is 0.229 e. The molecule has 1 amide bonds. The number of rotatable bonds is 4. The molecule has 1 aromatic carbocycles. The van der Waals surface area contributed by atoms with Gasteiger partial charge in [-0.15, -0.1) is 0 Å². The summed E-state index contributed by atoms with van der Waals surface area (Å²) in [6.07, 6.45) is 1.63. The number of aryl methyl sites for hydroxylation is 1. The topological polar surface area (TPSA) is 50.7 Å². The SMILES string of the molecule is CO/N=C\CC(=O)Nc1ccc(C)cc1. The quantitative estimate of drug-likeness (QED) is 0.604. The predicted octanol–water partition coefficient (Wildman–Crippen LogP) is 1.96. The van der Waals surface area contributed by atoms with E-state index in [9.17, 15) is 4.79 Å². The molecule has 0 fully saturated rings. The van der Waals surface area contributed by atoms with Crippen molar-refractivity contribution in [2.75, 3.05) is 12.4 Å². The molecular formula is C11H14N2O2. The van der Waals surface area contributed by atoms with Crippen molar-refractivity contribution in [3.63, 3.8) is 0 Å². The van der Waals surface area contributed by atoms with E-state index in [1.54, 1.807) is 0 Å². The fraction of sp³-hybridized carbons (Fsp3) is 0.273. The van der Waals surface area contributed by atoms with Gasteiger partial charge in [0.1, 0.15) is 7.11 Å². The highest BCUT2D eigenvalue weighted by Crippen LogP contribution is 2.08. The first-order valence-electron chi connectivity index (χ1n) is 4.64. The zero-order chi connectivity index (χ0) is 11.1. The first-order valence-corrected chi connectivity index (χ1v) is 4.64. The van der Waals surface area contributed by atoms with Gasteiger partial charge in [0.25, 0.3) is 0 Å². The Morgan fingerprint density at radius 2 is 2.13 bits per heavy atom. The predicted molar refractivity (Wildman–Crippen MR) is 59.9 cm³/mol. The molecule has 0 bridgehead atoms. The van der Waals surface area contributed by atoms with Gasteiger partial charge in [0.05, 0.1) is 12.6 Å². The first-order chi connectivity index (χ1) is 7.22. The molecule has 0 radical (unpaired) electrons. The van der Waals surface area contributed by atoms with Crippen LogP contribution in [0.2, 0.25) is 0 Å². The van der Waals surface area contributed by atoms with E-state index in [1.807, 2.05) is 31.2 Å². The number of carbonyl (C=O) groups excluding carboxylic acids is 1.